The average Bonchev–Trinajstić information content (AvgIpc) is 3.27. The Bertz CT molecular complexity index is 664. The van der Waals surface area contributed by atoms with Crippen molar-refractivity contribution in [2.45, 2.75) is 12.8 Å². The Morgan fingerprint density at radius 2 is 2.00 bits per heavy atom. The normalized spacial score (nSPS) is 23.2. The SMILES string of the molecule is COc1ccc(N2C[C@H](C(=O)N3CC[C@H](CN)C3)CC2=O)cc1OC. The summed E-state index contributed by atoms with van der Waals surface area (Å²) in [7, 11) is 3.12. The fourth-order valence-electron chi connectivity index (χ4n) is 3.60. The van der Waals surface area contributed by atoms with Gasteiger partial charge in [0, 0.05) is 37.8 Å². The number of amides is 2. The van der Waals surface area contributed by atoms with Crippen molar-refractivity contribution in [1.82, 2.24) is 4.90 Å². The molecule has 2 fully saturated rings. The van der Waals surface area contributed by atoms with Crippen molar-refractivity contribution in [1.29, 1.82) is 0 Å². The van der Waals surface area contributed by atoms with Crippen LogP contribution < -0.4 is 20.1 Å². The molecule has 0 aliphatic carbocycles. The standard InChI is InChI=1S/C18H25N3O4/c1-24-15-4-3-14(8-16(15)25-2)21-11-13(7-17(21)22)18(23)20-6-5-12(9-19)10-20/h3-4,8,12-13H,5-7,9-11,19H2,1-2H3/t12-,13-/m1/s1. The van der Waals surface area contributed by atoms with Crippen LogP contribution in [0.5, 0.6) is 11.5 Å². The summed E-state index contributed by atoms with van der Waals surface area (Å²) in [4.78, 5) is 28.7. The second-order valence-corrected chi connectivity index (χ2v) is 6.62. The zero-order valence-corrected chi connectivity index (χ0v) is 14.7. The summed E-state index contributed by atoms with van der Waals surface area (Å²) < 4.78 is 10.5. The van der Waals surface area contributed by atoms with E-state index in [0.29, 0.717) is 37.1 Å². The van der Waals surface area contributed by atoms with Crippen LogP contribution in [-0.2, 0) is 9.59 Å². The predicted molar refractivity (Wildman–Crippen MR) is 93.7 cm³/mol. The molecule has 25 heavy (non-hydrogen) atoms. The highest BCUT2D eigenvalue weighted by Crippen LogP contribution is 2.34. The number of benzene rings is 1. The molecule has 2 saturated heterocycles. The van der Waals surface area contributed by atoms with E-state index in [1.165, 1.54) is 0 Å². The summed E-state index contributed by atoms with van der Waals surface area (Å²) in [6, 6.07) is 5.35. The highest BCUT2D eigenvalue weighted by Gasteiger charge is 2.39. The largest absolute Gasteiger partial charge is 0.493 e. The van der Waals surface area contributed by atoms with Crippen LogP contribution in [0.3, 0.4) is 0 Å². The van der Waals surface area contributed by atoms with Gasteiger partial charge in [0.1, 0.15) is 0 Å². The second kappa shape index (κ2) is 7.31. The van der Waals surface area contributed by atoms with Gasteiger partial charge in [-0.1, -0.05) is 0 Å². The van der Waals surface area contributed by atoms with Gasteiger partial charge in [0.05, 0.1) is 20.1 Å². The number of carbonyl (C=O) groups is 2. The highest BCUT2D eigenvalue weighted by atomic mass is 16.5. The molecule has 2 N–H and O–H groups in total. The van der Waals surface area contributed by atoms with Crippen LogP contribution in [-0.4, -0.2) is 57.1 Å². The maximum absolute atomic E-state index is 12.7. The fraction of sp³-hybridized carbons (Fsp3) is 0.556. The van der Waals surface area contributed by atoms with Crippen molar-refractivity contribution < 1.29 is 19.1 Å². The molecule has 0 aromatic heterocycles. The molecule has 136 valence electrons. The number of likely N-dealkylation sites (tertiary alicyclic amines) is 1. The smallest absolute Gasteiger partial charge is 0.228 e. The molecule has 0 spiro atoms. The van der Waals surface area contributed by atoms with Gasteiger partial charge in [-0.3, -0.25) is 9.59 Å². The molecule has 2 aliphatic heterocycles. The third-order valence-electron chi connectivity index (χ3n) is 5.08. The van der Waals surface area contributed by atoms with Crippen LogP contribution in [0.2, 0.25) is 0 Å². The molecule has 7 heteroatoms. The van der Waals surface area contributed by atoms with E-state index in [1.54, 1.807) is 31.3 Å². The zero-order chi connectivity index (χ0) is 18.0. The number of rotatable bonds is 5. The Morgan fingerprint density at radius 3 is 2.64 bits per heavy atom. The van der Waals surface area contributed by atoms with Gasteiger partial charge >= 0.3 is 0 Å². The van der Waals surface area contributed by atoms with E-state index in [2.05, 4.69) is 0 Å². The van der Waals surface area contributed by atoms with Crippen molar-refractivity contribution in [3.63, 3.8) is 0 Å². The molecule has 3 rings (SSSR count). The van der Waals surface area contributed by atoms with Crippen molar-refractivity contribution in [3.05, 3.63) is 18.2 Å². The molecule has 2 heterocycles. The van der Waals surface area contributed by atoms with Crippen LogP contribution in [0.15, 0.2) is 18.2 Å². The molecule has 1 aromatic carbocycles. The molecular formula is C18H25N3O4. The summed E-state index contributed by atoms with van der Waals surface area (Å²) >= 11 is 0. The molecule has 2 aliphatic rings. The van der Waals surface area contributed by atoms with E-state index in [9.17, 15) is 9.59 Å². The second-order valence-electron chi connectivity index (χ2n) is 6.62. The van der Waals surface area contributed by atoms with E-state index in [0.717, 1.165) is 18.7 Å². The van der Waals surface area contributed by atoms with Gasteiger partial charge in [0.2, 0.25) is 11.8 Å². The first-order valence-electron chi connectivity index (χ1n) is 8.58. The summed E-state index contributed by atoms with van der Waals surface area (Å²) in [5.41, 5.74) is 6.42. The van der Waals surface area contributed by atoms with Gasteiger partial charge in [-0.05, 0) is 31.0 Å². The number of carbonyl (C=O) groups excluding carboxylic acids is 2. The van der Waals surface area contributed by atoms with E-state index in [4.69, 9.17) is 15.2 Å². The minimum atomic E-state index is -0.294. The van der Waals surface area contributed by atoms with E-state index >= 15 is 0 Å². The lowest BCUT2D eigenvalue weighted by atomic mass is 10.1. The van der Waals surface area contributed by atoms with Crippen LogP contribution in [0.25, 0.3) is 0 Å². The Morgan fingerprint density at radius 1 is 1.24 bits per heavy atom. The number of anilines is 1. The molecule has 1 aromatic rings. The number of hydrogen-bond donors (Lipinski definition) is 1. The Labute approximate surface area is 147 Å². The number of methoxy groups -OCH3 is 2. The first-order chi connectivity index (χ1) is 12.1. The van der Waals surface area contributed by atoms with Crippen LogP contribution in [0.4, 0.5) is 5.69 Å². The third kappa shape index (κ3) is 3.42. The van der Waals surface area contributed by atoms with Crippen LogP contribution in [0.1, 0.15) is 12.8 Å². The van der Waals surface area contributed by atoms with Gasteiger partial charge in [0.25, 0.3) is 0 Å². The van der Waals surface area contributed by atoms with Crippen molar-refractivity contribution in [3.8, 4) is 11.5 Å². The molecule has 2 amide bonds. The minimum absolute atomic E-state index is 0.0415. The number of nitrogens with zero attached hydrogens (tertiary/aromatic N) is 2. The zero-order valence-electron chi connectivity index (χ0n) is 14.7. The van der Waals surface area contributed by atoms with Crippen molar-refractivity contribution >= 4 is 17.5 Å². The van der Waals surface area contributed by atoms with Crippen LogP contribution >= 0.6 is 0 Å². The fourth-order valence-corrected chi connectivity index (χ4v) is 3.60. The maximum Gasteiger partial charge on any atom is 0.228 e. The van der Waals surface area contributed by atoms with E-state index in [1.807, 2.05) is 11.0 Å². The number of nitrogens with two attached hydrogens (primary N) is 1. The topological polar surface area (TPSA) is 85.1 Å². The molecule has 0 radical (unpaired) electrons. The Kier molecular flexibility index (Phi) is 5.13. The summed E-state index contributed by atoms with van der Waals surface area (Å²) in [5.74, 6) is 1.27. The Hall–Kier alpha value is -2.28. The monoisotopic (exact) mass is 347 g/mol. The molecule has 0 saturated carbocycles. The quantitative estimate of drug-likeness (QED) is 0.854. The molecule has 0 bridgehead atoms. The third-order valence-corrected chi connectivity index (χ3v) is 5.08. The van der Waals surface area contributed by atoms with Gasteiger partial charge < -0.3 is 25.0 Å². The number of hydrogen-bond acceptors (Lipinski definition) is 5. The van der Waals surface area contributed by atoms with Crippen molar-refractivity contribution in [2.24, 2.45) is 17.6 Å². The average molecular weight is 347 g/mol. The molecule has 0 unspecified atom stereocenters. The van der Waals surface area contributed by atoms with Crippen molar-refractivity contribution in [2.75, 3.05) is 45.3 Å². The van der Waals surface area contributed by atoms with Gasteiger partial charge in [-0.2, -0.15) is 0 Å². The van der Waals surface area contributed by atoms with E-state index in [-0.39, 0.29) is 24.2 Å². The number of ether oxygens (including phenoxy) is 2. The maximum atomic E-state index is 12.7. The van der Waals surface area contributed by atoms with Gasteiger partial charge in [-0.15, -0.1) is 0 Å². The first kappa shape index (κ1) is 17.5. The summed E-state index contributed by atoms with van der Waals surface area (Å²) in [6.45, 7) is 2.44. The van der Waals surface area contributed by atoms with Gasteiger partial charge in [0.15, 0.2) is 11.5 Å². The summed E-state index contributed by atoms with van der Waals surface area (Å²) in [5, 5.41) is 0. The Balaban J connectivity index is 1.71. The minimum Gasteiger partial charge on any atom is -0.493 e. The van der Waals surface area contributed by atoms with Crippen LogP contribution in [0, 0.1) is 11.8 Å². The lowest BCUT2D eigenvalue weighted by molar-refractivity contribution is -0.134. The summed E-state index contributed by atoms with van der Waals surface area (Å²) in [6.07, 6.45) is 1.19. The molecular weight excluding hydrogens is 322 g/mol. The lowest BCUT2D eigenvalue weighted by Gasteiger charge is -2.21. The molecule has 2 atom stereocenters. The van der Waals surface area contributed by atoms with E-state index < -0.39 is 0 Å². The molecule has 7 nitrogen and oxygen atoms in total. The first-order valence-corrected chi connectivity index (χ1v) is 8.58. The van der Waals surface area contributed by atoms with Gasteiger partial charge in [-0.25, -0.2) is 0 Å². The lowest BCUT2D eigenvalue weighted by Crippen LogP contribution is -2.36. The highest BCUT2D eigenvalue weighted by molar-refractivity contribution is 6.00. The predicted octanol–water partition coefficient (Wildman–Crippen LogP) is 0.864.